The number of thioether (sulfide) groups is 1. The quantitative estimate of drug-likeness (QED) is 0.732. The fourth-order valence-electron chi connectivity index (χ4n) is 1.49. The maximum absolute atomic E-state index is 11.8. The highest BCUT2D eigenvalue weighted by molar-refractivity contribution is 8.00. The molecule has 1 aliphatic rings. The van der Waals surface area contributed by atoms with Crippen molar-refractivity contribution < 1.29 is 23.0 Å². The van der Waals surface area contributed by atoms with Crippen LogP contribution in [0.5, 0.6) is 0 Å². The summed E-state index contributed by atoms with van der Waals surface area (Å²) in [7, 11) is 0. The van der Waals surface area contributed by atoms with Gasteiger partial charge in [-0.05, 0) is 11.8 Å². The van der Waals surface area contributed by atoms with Crippen LogP contribution in [0.4, 0.5) is 13.2 Å². The van der Waals surface area contributed by atoms with Crippen LogP contribution in [0.3, 0.4) is 0 Å². The molecule has 1 rings (SSSR count). The van der Waals surface area contributed by atoms with Crippen molar-refractivity contribution in [1.29, 1.82) is 0 Å². The molecule has 1 heterocycles. The van der Waals surface area contributed by atoms with Crippen LogP contribution in [-0.4, -0.2) is 48.3 Å². The summed E-state index contributed by atoms with van der Waals surface area (Å²) in [5.41, 5.74) is -4.99. The van der Waals surface area contributed by atoms with Crippen LogP contribution in [0.1, 0.15) is 12.8 Å². The molecule has 3 nitrogen and oxygen atoms in total. The Morgan fingerprint density at radius 1 is 1.31 bits per heavy atom. The van der Waals surface area contributed by atoms with E-state index in [-0.39, 0.29) is 24.1 Å². The number of ether oxygens (including phenoxy) is 1. The van der Waals surface area contributed by atoms with Gasteiger partial charge in [0.15, 0.2) is 0 Å². The molecule has 0 aromatic carbocycles. The topological polar surface area (TPSA) is 41.5 Å². The number of rotatable bonds is 5. The van der Waals surface area contributed by atoms with Crippen LogP contribution in [-0.2, 0) is 4.74 Å². The Morgan fingerprint density at radius 3 is 2.50 bits per heavy atom. The van der Waals surface area contributed by atoms with E-state index in [0.29, 0.717) is 32.6 Å². The van der Waals surface area contributed by atoms with Gasteiger partial charge in [0.1, 0.15) is 0 Å². The van der Waals surface area contributed by atoms with Crippen molar-refractivity contribution in [2.24, 2.45) is 0 Å². The number of halogens is 3. The molecule has 0 radical (unpaired) electrons. The van der Waals surface area contributed by atoms with Crippen LogP contribution in [0, 0.1) is 0 Å². The van der Waals surface area contributed by atoms with Gasteiger partial charge in [-0.25, -0.2) is 0 Å². The molecule has 0 aromatic heterocycles. The van der Waals surface area contributed by atoms with Crippen molar-refractivity contribution in [3.63, 3.8) is 0 Å². The second kappa shape index (κ2) is 6.09. The fourth-order valence-corrected chi connectivity index (χ4v) is 1.97. The van der Waals surface area contributed by atoms with Gasteiger partial charge in [0.25, 0.3) is 0 Å². The normalized spacial score (nSPS) is 21.0. The first kappa shape index (κ1) is 14.1. The molecular formula is C9H16F3NO2S. The first-order valence-corrected chi connectivity index (χ1v) is 6.11. The van der Waals surface area contributed by atoms with E-state index in [1.54, 1.807) is 0 Å². The van der Waals surface area contributed by atoms with E-state index in [1.807, 2.05) is 0 Å². The lowest BCUT2D eigenvalue weighted by Gasteiger charge is -2.32. The zero-order valence-electron chi connectivity index (χ0n) is 8.85. The van der Waals surface area contributed by atoms with E-state index in [0.717, 1.165) is 0 Å². The van der Waals surface area contributed by atoms with Crippen LogP contribution in [0.15, 0.2) is 0 Å². The third kappa shape index (κ3) is 5.93. The minimum absolute atomic E-state index is 0.0317. The monoisotopic (exact) mass is 259 g/mol. The average molecular weight is 259 g/mol. The molecular weight excluding hydrogens is 243 g/mol. The molecule has 0 spiro atoms. The lowest BCUT2D eigenvalue weighted by atomic mass is 9.94. The van der Waals surface area contributed by atoms with Gasteiger partial charge in [-0.2, -0.15) is 13.2 Å². The number of nitrogens with one attached hydrogen (secondary N) is 1. The molecule has 0 bridgehead atoms. The molecule has 96 valence electrons. The summed E-state index contributed by atoms with van der Waals surface area (Å²) in [5.74, 6) is -0.0317. The lowest BCUT2D eigenvalue weighted by molar-refractivity contribution is -0.0612. The second-order valence-electron chi connectivity index (χ2n) is 3.81. The van der Waals surface area contributed by atoms with Gasteiger partial charge in [0, 0.05) is 44.9 Å². The Kier molecular flexibility index (Phi) is 5.36. The van der Waals surface area contributed by atoms with Gasteiger partial charge in [-0.15, -0.1) is 0 Å². The van der Waals surface area contributed by atoms with Gasteiger partial charge in [0.2, 0.25) is 0 Å². The summed E-state index contributed by atoms with van der Waals surface area (Å²) >= 11 is -0.0497. The molecule has 2 N–H and O–H groups in total. The smallest absolute Gasteiger partial charge is 0.388 e. The van der Waals surface area contributed by atoms with Crippen molar-refractivity contribution in [3.05, 3.63) is 0 Å². The number of hydrogen-bond acceptors (Lipinski definition) is 4. The minimum atomic E-state index is -4.17. The Hall–Kier alpha value is 0.0200. The van der Waals surface area contributed by atoms with Crippen LogP contribution in [0.2, 0.25) is 0 Å². The first-order valence-electron chi connectivity index (χ1n) is 5.13. The summed E-state index contributed by atoms with van der Waals surface area (Å²) in [6, 6.07) is 0. The Morgan fingerprint density at radius 2 is 1.94 bits per heavy atom. The van der Waals surface area contributed by atoms with Gasteiger partial charge in [-0.1, -0.05) is 0 Å². The number of aliphatic hydroxyl groups is 1. The molecule has 1 saturated heterocycles. The Balaban J connectivity index is 2.06. The number of hydrogen-bond donors (Lipinski definition) is 2. The third-order valence-electron chi connectivity index (χ3n) is 2.42. The highest BCUT2D eigenvalue weighted by atomic mass is 32.2. The highest BCUT2D eigenvalue weighted by Gasteiger charge is 2.30. The van der Waals surface area contributed by atoms with E-state index in [1.165, 1.54) is 0 Å². The van der Waals surface area contributed by atoms with Crippen molar-refractivity contribution in [2.75, 3.05) is 32.1 Å². The largest absolute Gasteiger partial charge is 0.441 e. The first-order chi connectivity index (χ1) is 7.41. The molecule has 0 aromatic rings. The molecule has 0 saturated carbocycles. The summed E-state index contributed by atoms with van der Waals surface area (Å²) < 4.78 is 40.4. The summed E-state index contributed by atoms with van der Waals surface area (Å²) in [4.78, 5) is 0. The van der Waals surface area contributed by atoms with E-state index in [2.05, 4.69) is 5.32 Å². The SMILES string of the molecule is OC1(CNCCSC(F)(F)F)CCOCC1. The maximum Gasteiger partial charge on any atom is 0.441 e. The van der Waals surface area contributed by atoms with Crippen LogP contribution < -0.4 is 5.32 Å². The fraction of sp³-hybridized carbons (Fsp3) is 1.00. The van der Waals surface area contributed by atoms with Crippen LogP contribution in [0.25, 0.3) is 0 Å². The molecule has 0 amide bonds. The highest BCUT2D eigenvalue weighted by Crippen LogP contribution is 2.29. The molecule has 16 heavy (non-hydrogen) atoms. The summed E-state index contributed by atoms with van der Waals surface area (Å²) in [6.45, 7) is 1.59. The lowest BCUT2D eigenvalue weighted by Crippen LogP contribution is -2.45. The standard InChI is InChI=1S/C9H16F3NO2S/c10-9(11,12)16-6-3-13-7-8(14)1-4-15-5-2-8/h13-14H,1-7H2. The molecule has 0 aliphatic carbocycles. The van der Waals surface area contributed by atoms with E-state index in [4.69, 9.17) is 4.74 Å². The summed E-state index contributed by atoms with van der Waals surface area (Å²) in [6.07, 6.45) is 1.07. The molecule has 1 fully saturated rings. The molecule has 7 heteroatoms. The van der Waals surface area contributed by atoms with Crippen molar-refractivity contribution in [2.45, 2.75) is 24.0 Å². The Labute approximate surface area is 96.7 Å². The molecule has 0 unspecified atom stereocenters. The minimum Gasteiger partial charge on any atom is -0.388 e. The van der Waals surface area contributed by atoms with Gasteiger partial charge >= 0.3 is 5.51 Å². The predicted molar refractivity (Wildman–Crippen MR) is 56.4 cm³/mol. The maximum atomic E-state index is 11.8. The van der Waals surface area contributed by atoms with Crippen LogP contribution >= 0.6 is 11.8 Å². The van der Waals surface area contributed by atoms with Crippen molar-refractivity contribution >= 4 is 11.8 Å². The van der Waals surface area contributed by atoms with Gasteiger partial charge in [-0.3, -0.25) is 0 Å². The van der Waals surface area contributed by atoms with Gasteiger partial charge in [0.05, 0.1) is 5.60 Å². The molecule has 0 atom stereocenters. The Bertz CT molecular complexity index is 207. The van der Waals surface area contributed by atoms with Gasteiger partial charge < -0.3 is 15.2 Å². The second-order valence-corrected chi connectivity index (χ2v) is 4.97. The zero-order chi connectivity index (χ0) is 12.1. The number of alkyl halides is 3. The van der Waals surface area contributed by atoms with Crippen molar-refractivity contribution in [1.82, 2.24) is 5.32 Å². The van der Waals surface area contributed by atoms with E-state index < -0.39 is 11.1 Å². The third-order valence-corrected chi connectivity index (χ3v) is 3.16. The molecule has 1 aliphatic heterocycles. The van der Waals surface area contributed by atoms with E-state index >= 15 is 0 Å². The zero-order valence-corrected chi connectivity index (χ0v) is 9.66. The van der Waals surface area contributed by atoms with E-state index in [9.17, 15) is 18.3 Å². The van der Waals surface area contributed by atoms with Crippen molar-refractivity contribution in [3.8, 4) is 0 Å². The average Bonchev–Trinajstić information content (AvgIpc) is 2.16. The summed E-state index contributed by atoms with van der Waals surface area (Å²) in [5, 5.41) is 12.8. The predicted octanol–water partition coefficient (Wildman–Crippen LogP) is 1.37.